The second kappa shape index (κ2) is 7.03. The van der Waals surface area contributed by atoms with Gasteiger partial charge in [0.1, 0.15) is 16.5 Å². The molecule has 3 rings (SSSR count). The quantitative estimate of drug-likeness (QED) is 0.586. The Morgan fingerprint density at radius 2 is 1.79 bits per heavy atom. The number of alkyl halides is 3. The standard InChI is InChI=1S/C18H13ClF4N2O3S/c1-9-5-10(6-12(19)17(9)26)14-8-16(18(21,22)23)24-25(14)11-3-4-15(13(20)7-11)29(2,27)28/h3-8,26H,1-2H3. The van der Waals surface area contributed by atoms with Gasteiger partial charge in [0.2, 0.25) is 0 Å². The van der Waals surface area contributed by atoms with Crippen molar-refractivity contribution in [2.45, 2.75) is 18.0 Å². The number of halogens is 5. The second-order valence-corrected chi connectivity index (χ2v) is 8.73. The molecule has 0 aliphatic heterocycles. The average Bonchev–Trinajstić information content (AvgIpc) is 3.03. The van der Waals surface area contributed by atoms with E-state index >= 15 is 0 Å². The normalized spacial score (nSPS) is 12.4. The van der Waals surface area contributed by atoms with Crippen molar-refractivity contribution in [2.75, 3.05) is 6.26 Å². The highest BCUT2D eigenvalue weighted by atomic mass is 35.5. The van der Waals surface area contributed by atoms with Crippen molar-refractivity contribution in [1.82, 2.24) is 9.78 Å². The van der Waals surface area contributed by atoms with E-state index in [2.05, 4.69) is 5.10 Å². The molecule has 154 valence electrons. The fourth-order valence-electron chi connectivity index (χ4n) is 2.73. The molecular weight excluding hydrogens is 436 g/mol. The summed E-state index contributed by atoms with van der Waals surface area (Å²) in [4.78, 5) is -0.588. The fourth-order valence-corrected chi connectivity index (χ4v) is 3.72. The van der Waals surface area contributed by atoms with Gasteiger partial charge in [0.25, 0.3) is 0 Å². The number of hydrogen-bond acceptors (Lipinski definition) is 4. The number of aryl methyl sites for hydroxylation is 1. The number of aromatic hydroxyl groups is 1. The van der Waals surface area contributed by atoms with Crippen LogP contribution in [0.2, 0.25) is 5.02 Å². The monoisotopic (exact) mass is 448 g/mol. The Hall–Kier alpha value is -2.59. The molecule has 0 saturated carbocycles. The summed E-state index contributed by atoms with van der Waals surface area (Å²) in [6, 6.07) is 6.28. The zero-order valence-corrected chi connectivity index (χ0v) is 16.5. The summed E-state index contributed by atoms with van der Waals surface area (Å²) >= 11 is 5.93. The summed E-state index contributed by atoms with van der Waals surface area (Å²) in [6.45, 7) is 1.51. The maximum Gasteiger partial charge on any atom is 0.435 e. The largest absolute Gasteiger partial charge is 0.506 e. The maximum atomic E-state index is 14.3. The van der Waals surface area contributed by atoms with Crippen LogP contribution in [0.1, 0.15) is 11.3 Å². The van der Waals surface area contributed by atoms with Gasteiger partial charge in [-0.25, -0.2) is 17.5 Å². The van der Waals surface area contributed by atoms with Crippen LogP contribution in [0.3, 0.4) is 0 Å². The molecule has 0 saturated heterocycles. The van der Waals surface area contributed by atoms with Crippen molar-refractivity contribution < 1.29 is 31.1 Å². The van der Waals surface area contributed by atoms with Gasteiger partial charge < -0.3 is 5.11 Å². The first-order valence-corrected chi connectivity index (χ1v) is 10.2. The Labute approximate surface area is 168 Å². The third kappa shape index (κ3) is 4.08. The van der Waals surface area contributed by atoms with Gasteiger partial charge in [-0.1, -0.05) is 11.6 Å². The third-order valence-corrected chi connectivity index (χ3v) is 5.53. The van der Waals surface area contributed by atoms with E-state index in [9.17, 15) is 31.1 Å². The number of sulfone groups is 1. The molecule has 0 unspecified atom stereocenters. The highest BCUT2D eigenvalue weighted by Crippen LogP contribution is 2.37. The van der Waals surface area contributed by atoms with E-state index in [1.54, 1.807) is 0 Å². The van der Waals surface area contributed by atoms with E-state index < -0.39 is 32.4 Å². The predicted octanol–water partition coefficient (Wildman–Crippen LogP) is 4.77. The van der Waals surface area contributed by atoms with E-state index in [0.29, 0.717) is 5.56 Å². The lowest BCUT2D eigenvalue weighted by molar-refractivity contribution is -0.141. The minimum absolute atomic E-state index is 0.0752. The van der Waals surface area contributed by atoms with Crippen molar-refractivity contribution >= 4 is 21.4 Å². The van der Waals surface area contributed by atoms with E-state index in [-0.39, 0.29) is 27.7 Å². The predicted molar refractivity (Wildman–Crippen MR) is 98.5 cm³/mol. The van der Waals surface area contributed by atoms with Gasteiger partial charge in [-0.3, -0.25) is 0 Å². The van der Waals surface area contributed by atoms with Crippen LogP contribution < -0.4 is 0 Å². The van der Waals surface area contributed by atoms with Gasteiger partial charge >= 0.3 is 6.18 Å². The van der Waals surface area contributed by atoms with Crippen LogP contribution in [0.25, 0.3) is 16.9 Å². The van der Waals surface area contributed by atoms with Gasteiger partial charge in [0.15, 0.2) is 15.5 Å². The zero-order valence-electron chi connectivity index (χ0n) is 14.9. The molecule has 2 aromatic carbocycles. The highest BCUT2D eigenvalue weighted by Gasteiger charge is 2.35. The molecule has 1 heterocycles. The van der Waals surface area contributed by atoms with Gasteiger partial charge in [-0.05, 0) is 42.8 Å². The van der Waals surface area contributed by atoms with Crippen LogP contribution in [0, 0.1) is 12.7 Å². The van der Waals surface area contributed by atoms with Gasteiger partial charge in [0.05, 0.1) is 16.4 Å². The first-order chi connectivity index (χ1) is 13.3. The van der Waals surface area contributed by atoms with Crippen molar-refractivity contribution in [3.8, 4) is 22.7 Å². The zero-order chi connectivity index (χ0) is 21.7. The Morgan fingerprint density at radius 3 is 2.31 bits per heavy atom. The first kappa shape index (κ1) is 21.1. The lowest BCUT2D eigenvalue weighted by Crippen LogP contribution is -2.08. The van der Waals surface area contributed by atoms with Crippen LogP contribution in [0.5, 0.6) is 5.75 Å². The second-order valence-electron chi connectivity index (χ2n) is 6.33. The summed E-state index contributed by atoms with van der Waals surface area (Å²) in [6.07, 6.45) is -3.96. The molecule has 1 N–H and O–H groups in total. The molecule has 1 aromatic heterocycles. The lowest BCUT2D eigenvalue weighted by Gasteiger charge is -2.11. The van der Waals surface area contributed by atoms with Crippen LogP contribution in [-0.4, -0.2) is 29.6 Å². The summed E-state index contributed by atoms with van der Waals surface area (Å²) in [5, 5.41) is 13.2. The van der Waals surface area contributed by atoms with E-state index in [4.69, 9.17) is 11.6 Å². The molecule has 0 atom stereocenters. The minimum Gasteiger partial charge on any atom is -0.506 e. The fraction of sp³-hybridized carbons (Fsp3) is 0.167. The SMILES string of the molecule is Cc1cc(-c2cc(C(F)(F)F)nn2-c2ccc(S(C)(=O)=O)c(F)c2)cc(Cl)c1O. The smallest absolute Gasteiger partial charge is 0.435 e. The maximum absolute atomic E-state index is 14.3. The number of hydrogen-bond donors (Lipinski definition) is 1. The first-order valence-electron chi connectivity index (χ1n) is 7.96. The molecule has 0 spiro atoms. The number of aromatic nitrogens is 2. The lowest BCUT2D eigenvalue weighted by atomic mass is 10.1. The van der Waals surface area contributed by atoms with Crippen molar-refractivity contribution in [3.63, 3.8) is 0 Å². The van der Waals surface area contributed by atoms with Crippen LogP contribution >= 0.6 is 11.6 Å². The summed E-state index contributed by atoms with van der Waals surface area (Å²) in [5.41, 5.74) is -0.925. The summed E-state index contributed by atoms with van der Waals surface area (Å²) in [7, 11) is -3.86. The molecular formula is C18H13ClF4N2O3S. The number of rotatable bonds is 3. The molecule has 5 nitrogen and oxygen atoms in total. The minimum atomic E-state index is -4.78. The number of benzene rings is 2. The topological polar surface area (TPSA) is 72.2 Å². The molecule has 3 aromatic rings. The van der Waals surface area contributed by atoms with Gasteiger partial charge in [0, 0.05) is 17.9 Å². The number of phenols is 1. The van der Waals surface area contributed by atoms with Crippen molar-refractivity contribution in [2.24, 2.45) is 0 Å². The van der Waals surface area contributed by atoms with E-state index in [1.807, 2.05) is 0 Å². The summed E-state index contributed by atoms with van der Waals surface area (Å²) in [5.74, 6) is -1.35. The van der Waals surface area contributed by atoms with Crippen molar-refractivity contribution in [1.29, 1.82) is 0 Å². The third-order valence-electron chi connectivity index (χ3n) is 4.11. The molecule has 0 bridgehead atoms. The number of nitrogens with zero attached hydrogens (tertiary/aromatic N) is 2. The highest BCUT2D eigenvalue weighted by molar-refractivity contribution is 7.90. The molecule has 0 aliphatic carbocycles. The number of phenolic OH excluding ortho intramolecular Hbond substituents is 1. The average molecular weight is 449 g/mol. The molecule has 0 fully saturated rings. The molecule has 0 amide bonds. The van der Waals surface area contributed by atoms with Gasteiger partial charge in [-0.15, -0.1) is 0 Å². The van der Waals surface area contributed by atoms with Crippen LogP contribution in [-0.2, 0) is 16.0 Å². The molecule has 0 radical (unpaired) electrons. The van der Waals surface area contributed by atoms with Gasteiger partial charge in [-0.2, -0.15) is 18.3 Å². The van der Waals surface area contributed by atoms with Crippen LogP contribution in [0.4, 0.5) is 17.6 Å². The Balaban J connectivity index is 2.27. The Kier molecular flexibility index (Phi) is 5.12. The molecule has 0 aliphatic rings. The Bertz CT molecular complexity index is 1200. The summed E-state index contributed by atoms with van der Waals surface area (Å²) < 4.78 is 78.0. The van der Waals surface area contributed by atoms with E-state index in [0.717, 1.165) is 35.2 Å². The van der Waals surface area contributed by atoms with Crippen LogP contribution in [0.15, 0.2) is 41.3 Å². The molecule has 29 heavy (non-hydrogen) atoms. The molecule has 11 heteroatoms. The van der Waals surface area contributed by atoms with E-state index in [1.165, 1.54) is 19.1 Å². The Morgan fingerprint density at radius 1 is 1.14 bits per heavy atom. The van der Waals surface area contributed by atoms with Crippen molar-refractivity contribution in [3.05, 3.63) is 58.5 Å².